The van der Waals surface area contributed by atoms with E-state index in [-0.39, 0.29) is 5.69 Å². The Hall–Kier alpha value is -1.64. The van der Waals surface area contributed by atoms with Crippen molar-refractivity contribution in [2.75, 3.05) is 5.32 Å². The van der Waals surface area contributed by atoms with Crippen LogP contribution in [0.2, 0.25) is 0 Å². The van der Waals surface area contributed by atoms with Crippen molar-refractivity contribution in [3.8, 4) is 0 Å². The lowest BCUT2D eigenvalue weighted by molar-refractivity contribution is -0.111. The lowest BCUT2D eigenvalue weighted by atomic mass is 10.3. The van der Waals surface area contributed by atoms with Crippen LogP contribution in [0.3, 0.4) is 0 Å². The lowest BCUT2D eigenvalue weighted by Gasteiger charge is -2.01. The molecule has 0 aromatic heterocycles. The van der Waals surface area contributed by atoms with E-state index in [0.717, 1.165) is 12.1 Å². The van der Waals surface area contributed by atoms with Crippen molar-refractivity contribution in [2.24, 2.45) is 0 Å². The van der Waals surface area contributed by atoms with Crippen molar-refractivity contribution in [2.45, 2.75) is 0 Å². The van der Waals surface area contributed by atoms with Gasteiger partial charge in [-0.1, -0.05) is 12.6 Å². The molecule has 1 N–H and O–H groups in total. The van der Waals surface area contributed by atoms with E-state index < -0.39 is 11.7 Å². The molecule has 3 heteroatoms. The summed E-state index contributed by atoms with van der Waals surface area (Å²) in [6, 6.07) is 6.63. The first-order chi connectivity index (χ1) is 5.74. The van der Waals surface area contributed by atoms with E-state index in [0.29, 0.717) is 0 Å². The van der Waals surface area contributed by atoms with Gasteiger partial charge in [0.2, 0.25) is 5.91 Å². The molecule has 0 bridgehead atoms. The number of carbonyl (C=O) groups excluding carboxylic acids is 1. The highest BCUT2D eigenvalue weighted by molar-refractivity contribution is 5.98. The fourth-order valence-corrected chi connectivity index (χ4v) is 0.695. The van der Waals surface area contributed by atoms with Crippen molar-refractivity contribution in [3.63, 3.8) is 0 Å². The maximum absolute atomic E-state index is 12.8. The Balaban J connectivity index is 2.82. The highest BCUT2D eigenvalue weighted by Gasteiger charge is 2.01. The Morgan fingerprint density at radius 1 is 1.75 bits per heavy atom. The van der Waals surface area contributed by atoms with Crippen LogP contribution in [0.25, 0.3) is 0 Å². The largest absolute Gasteiger partial charge is 0.320 e. The smallest absolute Gasteiger partial charge is 0.247 e. The first-order valence-corrected chi connectivity index (χ1v) is 3.33. The SMILES string of the molecule is C=CC(=O)Nc1cc[c]cc1F. The molecule has 0 spiro atoms. The summed E-state index contributed by atoms with van der Waals surface area (Å²) in [5, 5.41) is 2.31. The summed E-state index contributed by atoms with van der Waals surface area (Å²) < 4.78 is 12.8. The van der Waals surface area contributed by atoms with E-state index in [4.69, 9.17) is 0 Å². The van der Waals surface area contributed by atoms with E-state index in [1.54, 1.807) is 0 Å². The Bertz CT molecular complexity index is 309. The van der Waals surface area contributed by atoms with E-state index in [9.17, 15) is 9.18 Å². The van der Waals surface area contributed by atoms with Crippen LogP contribution >= 0.6 is 0 Å². The van der Waals surface area contributed by atoms with E-state index in [1.807, 2.05) is 0 Å². The number of anilines is 1. The molecule has 1 aromatic rings. The first-order valence-electron chi connectivity index (χ1n) is 3.33. The van der Waals surface area contributed by atoms with Crippen molar-refractivity contribution in [1.29, 1.82) is 0 Å². The third-order valence-corrected chi connectivity index (χ3v) is 1.26. The Kier molecular flexibility index (Phi) is 2.58. The van der Waals surface area contributed by atoms with E-state index in [1.165, 1.54) is 12.1 Å². The summed E-state index contributed by atoms with van der Waals surface area (Å²) >= 11 is 0. The van der Waals surface area contributed by atoms with Gasteiger partial charge < -0.3 is 5.32 Å². The van der Waals surface area contributed by atoms with E-state index in [2.05, 4.69) is 18.0 Å². The zero-order valence-electron chi connectivity index (χ0n) is 6.30. The van der Waals surface area contributed by atoms with Crippen LogP contribution in [0.15, 0.2) is 30.9 Å². The van der Waals surface area contributed by atoms with Crippen LogP contribution in [0.1, 0.15) is 0 Å². The molecule has 0 heterocycles. The number of carbonyl (C=O) groups is 1. The normalized spacial score (nSPS) is 9.08. The molecule has 1 rings (SSSR count). The number of benzene rings is 1. The van der Waals surface area contributed by atoms with Crippen LogP contribution in [0.4, 0.5) is 10.1 Å². The van der Waals surface area contributed by atoms with E-state index >= 15 is 0 Å². The van der Waals surface area contributed by atoms with Crippen LogP contribution in [-0.4, -0.2) is 5.91 Å². The number of rotatable bonds is 2. The van der Waals surface area contributed by atoms with Crippen LogP contribution < -0.4 is 5.32 Å². The van der Waals surface area contributed by atoms with Gasteiger partial charge in [0, 0.05) is 0 Å². The zero-order chi connectivity index (χ0) is 8.97. The molecule has 0 saturated carbocycles. The highest BCUT2D eigenvalue weighted by atomic mass is 19.1. The van der Waals surface area contributed by atoms with Crippen LogP contribution in [0, 0.1) is 11.9 Å². The predicted octanol–water partition coefficient (Wildman–Crippen LogP) is 1.75. The zero-order valence-corrected chi connectivity index (χ0v) is 6.30. The summed E-state index contributed by atoms with van der Waals surface area (Å²) in [7, 11) is 0. The molecule has 0 atom stereocenters. The summed E-state index contributed by atoms with van der Waals surface area (Å²) in [4.78, 5) is 10.7. The van der Waals surface area contributed by atoms with Crippen LogP contribution in [0.5, 0.6) is 0 Å². The quantitative estimate of drug-likeness (QED) is 0.663. The van der Waals surface area contributed by atoms with Crippen molar-refractivity contribution >= 4 is 11.6 Å². The maximum atomic E-state index is 12.8. The minimum Gasteiger partial charge on any atom is -0.320 e. The third kappa shape index (κ3) is 1.92. The molecule has 12 heavy (non-hydrogen) atoms. The molecule has 0 fully saturated rings. The molecule has 0 aliphatic carbocycles. The fourth-order valence-electron chi connectivity index (χ4n) is 0.695. The summed E-state index contributed by atoms with van der Waals surface area (Å²) in [6.07, 6.45) is 1.08. The second kappa shape index (κ2) is 3.67. The average molecular weight is 164 g/mol. The second-order valence-corrected chi connectivity index (χ2v) is 2.10. The van der Waals surface area contributed by atoms with Gasteiger partial charge in [-0.25, -0.2) is 4.39 Å². The third-order valence-electron chi connectivity index (χ3n) is 1.26. The predicted molar refractivity (Wildman–Crippen MR) is 44.1 cm³/mol. The van der Waals surface area contributed by atoms with Gasteiger partial charge in [-0.15, -0.1) is 0 Å². The highest BCUT2D eigenvalue weighted by Crippen LogP contribution is 2.11. The monoisotopic (exact) mass is 164 g/mol. The van der Waals surface area contributed by atoms with Gasteiger partial charge in [-0.2, -0.15) is 0 Å². The topological polar surface area (TPSA) is 29.1 Å². The summed E-state index contributed by atoms with van der Waals surface area (Å²) in [5.74, 6) is -0.937. The van der Waals surface area contributed by atoms with Crippen molar-refractivity contribution in [1.82, 2.24) is 0 Å². The fraction of sp³-hybridized carbons (Fsp3) is 0. The van der Waals surface area contributed by atoms with Gasteiger partial charge in [-0.05, 0) is 24.3 Å². The molecule has 1 aromatic carbocycles. The Morgan fingerprint density at radius 3 is 3.08 bits per heavy atom. The van der Waals surface area contributed by atoms with Gasteiger partial charge >= 0.3 is 0 Å². The molecule has 0 aliphatic heterocycles. The standard InChI is InChI=1S/C9H7FNO/c1-2-9(12)11-8-6-4-3-5-7(8)10/h2,4-6H,1H2,(H,11,12). The van der Waals surface area contributed by atoms with Gasteiger partial charge in [0.25, 0.3) is 0 Å². The van der Waals surface area contributed by atoms with Gasteiger partial charge in [-0.3, -0.25) is 4.79 Å². The molecule has 61 valence electrons. The average Bonchev–Trinajstić information content (AvgIpc) is 2.09. The van der Waals surface area contributed by atoms with Crippen LogP contribution in [-0.2, 0) is 4.79 Å². The lowest BCUT2D eigenvalue weighted by Crippen LogP contribution is -2.08. The minimum absolute atomic E-state index is 0.138. The second-order valence-electron chi connectivity index (χ2n) is 2.10. The molecule has 0 unspecified atom stereocenters. The molecule has 1 amide bonds. The minimum atomic E-state index is -0.507. The van der Waals surface area contributed by atoms with Crippen molar-refractivity contribution in [3.05, 3.63) is 42.7 Å². The Morgan fingerprint density at radius 2 is 2.50 bits per heavy atom. The first kappa shape index (κ1) is 8.46. The van der Waals surface area contributed by atoms with Gasteiger partial charge in [0.1, 0.15) is 5.82 Å². The molecule has 1 radical (unpaired) electrons. The summed E-state index contributed by atoms with van der Waals surface area (Å²) in [5.41, 5.74) is 0.138. The molecule has 0 saturated heterocycles. The Labute approximate surface area is 69.7 Å². The molecular weight excluding hydrogens is 157 g/mol. The number of halogens is 1. The molecule has 2 nitrogen and oxygen atoms in total. The van der Waals surface area contributed by atoms with Gasteiger partial charge in [0.15, 0.2) is 0 Å². The van der Waals surface area contributed by atoms with Gasteiger partial charge in [0.05, 0.1) is 5.69 Å². The number of hydrogen-bond donors (Lipinski definition) is 1. The maximum Gasteiger partial charge on any atom is 0.247 e. The summed E-state index contributed by atoms with van der Waals surface area (Å²) in [6.45, 7) is 3.24. The number of hydrogen-bond acceptors (Lipinski definition) is 1. The number of amides is 1. The number of nitrogens with one attached hydrogen (secondary N) is 1. The molecular formula is C9H7FNO. The van der Waals surface area contributed by atoms with Crippen molar-refractivity contribution < 1.29 is 9.18 Å². The molecule has 0 aliphatic rings.